The predicted molar refractivity (Wildman–Crippen MR) is 110 cm³/mol. The Kier molecular flexibility index (Phi) is 6.79. The third-order valence-corrected chi connectivity index (χ3v) is 5.19. The molecule has 0 spiro atoms. The molecule has 0 atom stereocenters. The molecule has 2 aromatic carbocycles. The van der Waals surface area contributed by atoms with E-state index in [4.69, 9.17) is 16.3 Å². The van der Waals surface area contributed by atoms with Crippen LogP contribution in [0.15, 0.2) is 60.0 Å². The monoisotopic (exact) mass is 414 g/mol. The lowest BCUT2D eigenvalue weighted by Crippen LogP contribution is -2.34. The fourth-order valence-corrected chi connectivity index (χ4v) is 3.57. The third-order valence-electron chi connectivity index (χ3n) is 4.06. The maximum absolute atomic E-state index is 12.4. The summed E-state index contributed by atoms with van der Waals surface area (Å²) in [5, 5.41) is 2.88. The van der Waals surface area contributed by atoms with Gasteiger partial charge in [-0.25, -0.2) is 9.78 Å². The molecule has 144 valence electrons. The second kappa shape index (κ2) is 9.48. The summed E-state index contributed by atoms with van der Waals surface area (Å²) >= 11 is 7.31. The van der Waals surface area contributed by atoms with Gasteiger partial charge in [0.2, 0.25) is 0 Å². The quantitative estimate of drug-likeness (QED) is 0.527. The van der Waals surface area contributed by atoms with Crippen LogP contribution in [-0.2, 0) is 16.1 Å². The first-order valence-corrected chi connectivity index (χ1v) is 10.0. The normalized spacial score (nSPS) is 10.5. The highest BCUT2D eigenvalue weighted by Gasteiger charge is 2.18. The largest absolute Gasteiger partial charge is 0.451 e. The maximum atomic E-state index is 12.4. The smallest absolute Gasteiger partial charge is 0.358 e. The first kappa shape index (κ1) is 20.0. The predicted octanol–water partition coefficient (Wildman–Crippen LogP) is 4.67. The number of thiazole rings is 1. The van der Waals surface area contributed by atoms with E-state index < -0.39 is 5.97 Å². The summed E-state index contributed by atoms with van der Waals surface area (Å²) < 4.78 is 5.17. The van der Waals surface area contributed by atoms with Crippen molar-refractivity contribution in [3.8, 4) is 10.6 Å². The van der Waals surface area contributed by atoms with Gasteiger partial charge in [-0.2, -0.15) is 0 Å². The van der Waals surface area contributed by atoms with Crippen molar-refractivity contribution in [3.63, 3.8) is 0 Å². The number of rotatable bonds is 7. The number of aromatic nitrogens is 1. The zero-order valence-electron chi connectivity index (χ0n) is 15.3. The molecule has 0 N–H and O–H groups in total. The number of benzene rings is 2. The second-order valence-electron chi connectivity index (χ2n) is 6.02. The van der Waals surface area contributed by atoms with Gasteiger partial charge in [-0.3, -0.25) is 4.79 Å². The molecule has 3 rings (SSSR count). The molecular formula is C21H19ClN2O3S. The molecule has 0 aliphatic rings. The number of amides is 1. The maximum Gasteiger partial charge on any atom is 0.358 e. The molecule has 1 heterocycles. The minimum absolute atomic E-state index is 0.180. The zero-order chi connectivity index (χ0) is 19.9. The number of nitrogens with zero attached hydrogens (tertiary/aromatic N) is 2. The van der Waals surface area contributed by atoms with Gasteiger partial charge in [-0.05, 0) is 24.6 Å². The lowest BCUT2D eigenvalue weighted by molar-refractivity contribution is -0.134. The Labute approximate surface area is 172 Å². The number of ether oxygens (including phenoxy) is 1. The van der Waals surface area contributed by atoms with E-state index in [2.05, 4.69) is 4.98 Å². The molecule has 1 aromatic heterocycles. The number of esters is 1. The Hall–Kier alpha value is -2.70. The highest BCUT2D eigenvalue weighted by Crippen LogP contribution is 2.26. The number of hydrogen-bond donors (Lipinski definition) is 0. The Morgan fingerprint density at radius 2 is 1.93 bits per heavy atom. The number of halogens is 1. The topological polar surface area (TPSA) is 59.5 Å². The van der Waals surface area contributed by atoms with Crippen molar-refractivity contribution < 1.29 is 14.3 Å². The summed E-state index contributed by atoms with van der Waals surface area (Å²) in [5.74, 6) is -0.862. The van der Waals surface area contributed by atoms with Gasteiger partial charge < -0.3 is 9.64 Å². The first-order chi connectivity index (χ1) is 13.6. The summed E-state index contributed by atoms with van der Waals surface area (Å²) in [4.78, 5) is 30.6. The van der Waals surface area contributed by atoms with Crippen LogP contribution < -0.4 is 0 Å². The number of carbonyl (C=O) groups excluding carboxylic acids is 2. The van der Waals surface area contributed by atoms with E-state index >= 15 is 0 Å². The lowest BCUT2D eigenvalue weighted by atomic mass is 10.2. The van der Waals surface area contributed by atoms with E-state index in [0.29, 0.717) is 23.1 Å². The van der Waals surface area contributed by atoms with E-state index in [1.807, 2.05) is 49.4 Å². The van der Waals surface area contributed by atoms with Crippen LogP contribution in [0.25, 0.3) is 10.6 Å². The van der Waals surface area contributed by atoms with Crippen LogP contribution in [0.3, 0.4) is 0 Å². The van der Waals surface area contributed by atoms with Crippen LogP contribution in [0.1, 0.15) is 23.0 Å². The van der Waals surface area contributed by atoms with Crippen LogP contribution in [0.2, 0.25) is 5.02 Å². The Morgan fingerprint density at radius 3 is 2.64 bits per heavy atom. The van der Waals surface area contributed by atoms with Crippen molar-refractivity contribution in [2.24, 2.45) is 0 Å². The van der Waals surface area contributed by atoms with E-state index in [9.17, 15) is 9.59 Å². The minimum atomic E-state index is -0.617. The molecule has 0 aliphatic heterocycles. The van der Waals surface area contributed by atoms with E-state index in [1.54, 1.807) is 22.4 Å². The SMILES string of the molecule is CCN(Cc1ccccc1)C(=O)COC(=O)c1csc(-c2cccc(Cl)c2)n1. The van der Waals surface area contributed by atoms with Gasteiger partial charge in [0, 0.05) is 29.1 Å². The molecule has 28 heavy (non-hydrogen) atoms. The second-order valence-corrected chi connectivity index (χ2v) is 7.31. The summed E-state index contributed by atoms with van der Waals surface area (Å²) in [6, 6.07) is 16.9. The van der Waals surface area contributed by atoms with Crippen molar-refractivity contribution in [3.05, 3.63) is 76.3 Å². The number of hydrogen-bond acceptors (Lipinski definition) is 5. The molecule has 5 nitrogen and oxygen atoms in total. The zero-order valence-corrected chi connectivity index (χ0v) is 16.9. The third kappa shape index (κ3) is 5.18. The molecule has 0 fully saturated rings. The fraction of sp³-hybridized carbons (Fsp3) is 0.190. The molecule has 1 amide bonds. The highest BCUT2D eigenvalue weighted by molar-refractivity contribution is 7.13. The summed E-state index contributed by atoms with van der Waals surface area (Å²) in [6.45, 7) is 2.58. The molecule has 7 heteroatoms. The highest BCUT2D eigenvalue weighted by atomic mass is 35.5. The van der Waals surface area contributed by atoms with Gasteiger partial charge in [-0.15, -0.1) is 11.3 Å². The molecule has 0 aliphatic carbocycles. The fourth-order valence-electron chi connectivity index (χ4n) is 2.59. The Bertz CT molecular complexity index is 959. The van der Waals surface area contributed by atoms with Crippen molar-refractivity contribution in [1.29, 1.82) is 0 Å². The number of carbonyl (C=O) groups is 2. The van der Waals surface area contributed by atoms with E-state index in [1.165, 1.54) is 11.3 Å². The van der Waals surface area contributed by atoms with Crippen molar-refractivity contribution in [1.82, 2.24) is 9.88 Å². The number of likely N-dealkylation sites (N-methyl/N-ethyl adjacent to an activating group) is 1. The van der Waals surface area contributed by atoms with Gasteiger partial charge in [0.05, 0.1) is 0 Å². The van der Waals surface area contributed by atoms with Crippen molar-refractivity contribution in [2.45, 2.75) is 13.5 Å². The molecule has 3 aromatic rings. The molecule has 0 unspecified atom stereocenters. The van der Waals surface area contributed by atoms with Crippen molar-refractivity contribution in [2.75, 3.05) is 13.2 Å². The van der Waals surface area contributed by atoms with Gasteiger partial charge in [-0.1, -0.05) is 54.1 Å². The standard InChI is InChI=1S/C21H19ClN2O3S/c1-2-24(12-15-7-4-3-5-8-15)19(25)13-27-21(26)18-14-28-20(23-18)16-9-6-10-17(22)11-16/h3-11,14H,2,12-13H2,1H3. The summed E-state index contributed by atoms with van der Waals surface area (Å²) in [5.41, 5.74) is 2.03. The van der Waals surface area contributed by atoms with Gasteiger partial charge in [0.25, 0.3) is 5.91 Å². The van der Waals surface area contributed by atoms with Crippen LogP contribution in [0.5, 0.6) is 0 Å². The first-order valence-electron chi connectivity index (χ1n) is 8.77. The van der Waals surface area contributed by atoms with Crippen LogP contribution >= 0.6 is 22.9 Å². The lowest BCUT2D eigenvalue weighted by Gasteiger charge is -2.20. The van der Waals surface area contributed by atoms with Crippen LogP contribution in [0.4, 0.5) is 0 Å². The van der Waals surface area contributed by atoms with Gasteiger partial charge in [0.1, 0.15) is 5.01 Å². The molecule has 0 bridgehead atoms. The minimum Gasteiger partial charge on any atom is -0.451 e. The summed E-state index contributed by atoms with van der Waals surface area (Å²) in [7, 11) is 0. The Balaban J connectivity index is 1.58. The molecular weight excluding hydrogens is 396 g/mol. The van der Waals surface area contributed by atoms with Crippen LogP contribution in [0, 0.1) is 0 Å². The van der Waals surface area contributed by atoms with Crippen molar-refractivity contribution >= 4 is 34.8 Å². The van der Waals surface area contributed by atoms with E-state index in [-0.39, 0.29) is 18.2 Å². The van der Waals surface area contributed by atoms with Gasteiger partial charge >= 0.3 is 5.97 Å². The van der Waals surface area contributed by atoms with Crippen LogP contribution in [-0.4, -0.2) is 34.9 Å². The average Bonchev–Trinajstić information content (AvgIpc) is 3.21. The average molecular weight is 415 g/mol. The van der Waals surface area contributed by atoms with Gasteiger partial charge in [0.15, 0.2) is 12.3 Å². The molecule has 0 saturated carbocycles. The molecule has 0 radical (unpaired) electrons. The molecule has 0 saturated heterocycles. The van der Waals surface area contributed by atoms with E-state index in [0.717, 1.165) is 11.1 Å². The summed E-state index contributed by atoms with van der Waals surface area (Å²) in [6.07, 6.45) is 0. The Morgan fingerprint density at radius 1 is 1.14 bits per heavy atom.